The number of nitrogens with zero attached hydrogens (tertiary/aromatic N) is 1. The third-order valence-electron chi connectivity index (χ3n) is 3.98. The molecule has 2 aliphatic heterocycles. The van der Waals surface area contributed by atoms with Crippen LogP contribution in [0, 0.1) is 0 Å². The summed E-state index contributed by atoms with van der Waals surface area (Å²) in [5.41, 5.74) is 5.92. The Morgan fingerprint density at radius 3 is 2.71 bits per heavy atom. The molecule has 0 aliphatic carbocycles. The van der Waals surface area contributed by atoms with Gasteiger partial charge in [0.2, 0.25) is 0 Å². The summed E-state index contributed by atoms with van der Waals surface area (Å²) in [6.07, 6.45) is -1.73. The molecule has 1 saturated heterocycles. The summed E-state index contributed by atoms with van der Waals surface area (Å²) in [6.45, 7) is 0. The van der Waals surface area contributed by atoms with E-state index >= 15 is 0 Å². The molecular formula is C16H20N3O8P. The maximum absolute atomic E-state index is 12.4. The monoisotopic (exact) mass is 413 g/mol. The molecule has 2 amide bonds. The number of rotatable bonds is 6. The second-order valence-electron chi connectivity index (χ2n) is 6.19. The van der Waals surface area contributed by atoms with Crippen LogP contribution in [0.4, 0.5) is 4.79 Å². The first-order chi connectivity index (χ1) is 13.2. The maximum atomic E-state index is 12.4. The van der Waals surface area contributed by atoms with E-state index in [1.54, 1.807) is 30.3 Å². The van der Waals surface area contributed by atoms with Crippen LogP contribution in [0.5, 0.6) is 0 Å². The van der Waals surface area contributed by atoms with Crippen LogP contribution in [0.3, 0.4) is 0 Å². The number of esters is 1. The van der Waals surface area contributed by atoms with Crippen LogP contribution in [0.15, 0.2) is 42.6 Å². The molecule has 1 unspecified atom stereocenters. The predicted molar refractivity (Wildman–Crippen MR) is 94.4 cm³/mol. The topological polar surface area (TPSA) is 161 Å². The molecule has 0 spiro atoms. The van der Waals surface area contributed by atoms with Crippen molar-refractivity contribution in [2.45, 2.75) is 31.2 Å². The SMILES string of the molecule is NC1C=CN([C@@H]2O[C@H](OCP(=O)(O)O)C[C@H]2OC(=O)c2ccccc2)C(=O)N1. The van der Waals surface area contributed by atoms with Gasteiger partial charge in [-0.3, -0.25) is 9.46 Å². The molecule has 0 radical (unpaired) electrons. The summed E-state index contributed by atoms with van der Waals surface area (Å²) in [6, 6.07) is 7.66. The Balaban J connectivity index is 1.75. The molecule has 11 nitrogen and oxygen atoms in total. The van der Waals surface area contributed by atoms with Crippen LogP contribution in [-0.4, -0.2) is 57.8 Å². The quantitative estimate of drug-likeness (QED) is 0.379. The van der Waals surface area contributed by atoms with Gasteiger partial charge in [-0.15, -0.1) is 0 Å². The first kappa shape index (κ1) is 20.5. The Kier molecular flexibility index (Phi) is 6.14. The molecule has 1 fully saturated rings. The fraction of sp³-hybridized carbons (Fsp3) is 0.375. The number of benzene rings is 1. The largest absolute Gasteiger partial charge is 0.454 e. The van der Waals surface area contributed by atoms with E-state index in [9.17, 15) is 14.2 Å². The molecule has 2 heterocycles. The number of carbonyl (C=O) groups excluding carboxylic acids is 2. The number of nitrogens with two attached hydrogens (primary N) is 1. The van der Waals surface area contributed by atoms with Crippen LogP contribution in [0.1, 0.15) is 16.8 Å². The molecule has 4 atom stereocenters. The Labute approximate surface area is 160 Å². The van der Waals surface area contributed by atoms with Gasteiger partial charge in [0, 0.05) is 12.6 Å². The van der Waals surface area contributed by atoms with Crippen molar-refractivity contribution in [2.24, 2.45) is 5.73 Å². The van der Waals surface area contributed by atoms with Gasteiger partial charge < -0.3 is 35.0 Å². The smallest absolute Gasteiger partial charge is 0.351 e. The van der Waals surface area contributed by atoms with E-state index in [4.69, 9.17) is 29.7 Å². The third kappa shape index (κ3) is 5.16. The number of carbonyl (C=O) groups is 2. The number of hydrogen-bond acceptors (Lipinski definition) is 7. The van der Waals surface area contributed by atoms with Crippen molar-refractivity contribution >= 4 is 19.6 Å². The highest BCUT2D eigenvalue weighted by Gasteiger charge is 2.44. The molecule has 12 heteroatoms. The maximum Gasteiger partial charge on any atom is 0.351 e. The number of amides is 2. The fourth-order valence-electron chi connectivity index (χ4n) is 2.74. The van der Waals surface area contributed by atoms with Crippen LogP contribution in [0.2, 0.25) is 0 Å². The molecule has 2 aliphatic rings. The minimum Gasteiger partial charge on any atom is -0.454 e. The number of urea groups is 1. The van der Waals surface area contributed by atoms with E-state index in [1.165, 1.54) is 12.3 Å². The van der Waals surface area contributed by atoms with Crippen LogP contribution >= 0.6 is 7.60 Å². The van der Waals surface area contributed by atoms with E-state index in [0.717, 1.165) is 4.90 Å². The van der Waals surface area contributed by atoms with E-state index in [0.29, 0.717) is 5.56 Å². The molecule has 1 aromatic carbocycles. The molecule has 3 rings (SSSR count). The molecule has 1 aromatic rings. The highest BCUT2D eigenvalue weighted by Crippen LogP contribution is 2.37. The van der Waals surface area contributed by atoms with Gasteiger partial charge in [-0.1, -0.05) is 18.2 Å². The molecule has 152 valence electrons. The second kappa shape index (κ2) is 8.39. The van der Waals surface area contributed by atoms with E-state index in [1.807, 2.05) is 0 Å². The Morgan fingerprint density at radius 1 is 1.36 bits per heavy atom. The minimum absolute atomic E-state index is 0.0209. The Bertz CT molecular complexity index is 798. The summed E-state index contributed by atoms with van der Waals surface area (Å²) >= 11 is 0. The number of nitrogens with one attached hydrogen (secondary N) is 1. The summed E-state index contributed by atoms with van der Waals surface area (Å²) in [4.78, 5) is 43.7. The average molecular weight is 413 g/mol. The molecular weight excluding hydrogens is 393 g/mol. The lowest BCUT2D eigenvalue weighted by molar-refractivity contribution is -0.150. The molecule has 0 saturated carbocycles. The van der Waals surface area contributed by atoms with Gasteiger partial charge in [0.25, 0.3) is 0 Å². The molecule has 0 aromatic heterocycles. The summed E-state index contributed by atoms with van der Waals surface area (Å²) in [7, 11) is -4.42. The minimum atomic E-state index is -4.42. The molecule has 5 N–H and O–H groups in total. The van der Waals surface area contributed by atoms with E-state index < -0.39 is 50.7 Å². The van der Waals surface area contributed by atoms with Crippen molar-refractivity contribution in [3.63, 3.8) is 0 Å². The average Bonchev–Trinajstić information content (AvgIpc) is 3.03. The normalized spacial score (nSPS) is 27.5. The van der Waals surface area contributed by atoms with Gasteiger partial charge in [-0.25, -0.2) is 9.59 Å². The van der Waals surface area contributed by atoms with E-state index in [-0.39, 0.29) is 6.42 Å². The van der Waals surface area contributed by atoms with Crippen molar-refractivity contribution < 1.29 is 38.2 Å². The first-order valence-corrected chi connectivity index (χ1v) is 10.1. The van der Waals surface area contributed by atoms with Gasteiger partial charge in [-0.2, -0.15) is 0 Å². The lowest BCUT2D eigenvalue weighted by Crippen LogP contribution is -2.55. The standard InChI is InChI=1S/C16H20N3O8P/c17-12-6-7-19(16(21)18-12)14-11(8-13(27-14)25-9-28(22,23)24)26-15(20)10-4-2-1-3-5-10/h1-7,11-14H,8-9,17H2,(H,18,21)(H2,22,23,24)/t11-,12?,13+,14-/m1/s1. The van der Waals surface area contributed by atoms with Crippen LogP contribution in [-0.2, 0) is 18.8 Å². The van der Waals surface area contributed by atoms with E-state index in [2.05, 4.69) is 5.32 Å². The lowest BCUT2D eigenvalue weighted by Gasteiger charge is -2.32. The summed E-state index contributed by atoms with van der Waals surface area (Å²) in [5, 5.41) is 2.48. The zero-order valence-corrected chi connectivity index (χ0v) is 15.5. The van der Waals surface area contributed by atoms with Gasteiger partial charge in [0.1, 0.15) is 0 Å². The van der Waals surface area contributed by atoms with Gasteiger partial charge >= 0.3 is 19.6 Å². The van der Waals surface area contributed by atoms with Crippen LogP contribution in [0.25, 0.3) is 0 Å². The lowest BCUT2D eigenvalue weighted by atomic mass is 10.2. The Hall–Kier alpha value is -2.27. The van der Waals surface area contributed by atoms with Crippen LogP contribution < -0.4 is 11.1 Å². The summed E-state index contributed by atoms with van der Waals surface area (Å²) < 4.78 is 27.2. The van der Waals surface area contributed by atoms with Crippen molar-refractivity contribution in [1.29, 1.82) is 0 Å². The van der Waals surface area contributed by atoms with Crippen molar-refractivity contribution in [3.8, 4) is 0 Å². The van der Waals surface area contributed by atoms with Gasteiger partial charge in [0.15, 0.2) is 25.0 Å². The van der Waals surface area contributed by atoms with Gasteiger partial charge in [-0.05, 0) is 18.2 Å². The van der Waals surface area contributed by atoms with Crippen molar-refractivity contribution in [2.75, 3.05) is 6.35 Å². The number of ether oxygens (including phenoxy) is 3. The zero-order valence-electron chi connectivity index (χ0n) is 14.6. The molecule has 28 heavy (non-hydrogen) atoms. The summed E-state index contributed by atoms with van der Waals surface area (Å²) in [5.74, 6) is -0.632. The molecule has 0 bridgehead atoms. The predicted octanol–water partition coefficient (Wildman–Crippen LogP) is 0.260. The van der Waals surface area contributed by atoms with Crippen molar-refractivity contribution in [3.05, 3.63) is 48.2 Å². The highest BCUT2D eigenvalue weighted by atomic mass is 31.2. The third-order valence-corrected chi connectivity index (χ3v) is 4.47. The van der Waals surface area contributed by atoms with Gasteiger partial charge in [0.05, 0.1) is 11.7 Å². The Morgan fingerprint density at radius 2 is 2.07 bits per heavy atom. The van der Waals surface area contributed by atoms with Crippen molar-refractivity contribution in [1.82, 2.24) is 10.2 Å². The number of hydrogen-bond donors (Lipinski definition) is 4. The fourth-order valence-corrected chi connectivity index (χ4v) is 3.10. The highest BCUT2D eigenvalue weighted by molar-refractivity contribution is 7.51. The zero-order chi connectivity index (χ0) is 20.3. The second-order valence-corrected chi connectivity index (χ2v) is 7.77. The first-order valence-electron chi connectivity index (χ1n) is 8.33.